The number of H-pyrrole nitrogens is 2. The Morgan fingerprint density at radius 2 is 1.84 bits per heavy atom. The van der Waals surface area contributed by atoms with Crippen LogP contribution < -0.4 is 0 Å². The van der Waals surface area contributed by atoms with E-state index in [4.69, 9.17) is 4.98 Å². The molecule has 7 heterocycles. The molecule has 0 amide bonds. The summed E-state index contributed by atoms with van der Waals surface area (Å²) in [6, 6.07) is 13.6. The molecule has 6 aromatic heterocycles. The van der Waals surface area contributed by atoms with Crippen LogP contribution in [-0.4, -0.2) is 59.0 Å². The Balaban J connectivity index is 1.24. The van der Waals surface area contributed by atoms with E-state index in [1.165, 1.54) is 0 Å². The maximum atomic E-state index is 13.6. The molecule has 8 nitrogen and oxygen atoms in total. The van der Waals surface area contributed by atoms with Gasteiger partial charge in [0, 0.05) is 72.5 Å². The Kier molecular flexibility index (Phi) is 5.22. The summed E-state index contributed by atoms with van der Waals surface area (Å²) < 4.78 is 27.3. The number of nitrogens with one attached hydrogen (secondary N) is 2. The van der Waals surface area contributed by atoms with E-state index in [0.717, 1.165) is 55.7 Å². The molecule has 6 aromatic rings. The average molecular weight is 509 g/mol. The van der Waals surface area contributed by atoms with Crippen LogP contribution in [0.4, 0.5) is 8.78 Å². The molecule has 1 saturated heterocycles. The monoisotopic (exact) mass is 508 g/mol. The lowest BCUT2D eigenvalue weighted by Crippen LogP contribution is -2.24. The van der Waals surface area contributed by atoms with Crippen molar-refractivity contribution in [2.45, 2.75) is 18.9 Å². The lowest BCUT2D eigenvalue weighted by atomic mass is 10.1. The molecule has 1 fully saturated rings. The Labute approximate surface area is 215 Å². The predicted molar refractivity (Wildman–Crippen MR) is 140 cm³/mol. The van der Waals surface area contributed by atoms with E-state index in [9.17, 15) is 8.78 Å². The van der Waals surface area contributed by atoms with Crippen molar-refractivity contribution < 1.29 is 8.78 Å². The first-order valence-electron chi connectivity index (χ1n) is 12.3. The van der Waals surface area contributed by atoms with Gasteiger partial charge in [0.15, 0.2) is 0 Å². The van der Waals surface area contributed by atoms with Crippen molar-refractivity contribution in [3.05, 3.63) is 79.0 Å². The number of aromatic nitrogens is 7. The van der Waals surface area contributed by atoms with E-state index in [1.807, 2.05) is 42.5 Å². The van der Waals surface area contributed by atoms with Crippen molar-refractivity contribution in [3.8, 4) is 33.9 Å². The zero-order chi connectivity index (χ0) is 25.7. The topological polar surface area (TPSA) is 99.3 Å². The first kappa shape index (κ1) is 22.6. The van der Waals surface area contributed by atoms with Gasteiger partial charge in [-0.3, -0.25) is 25.0 Å². The molecule has 0 spiro atoms. The van der Waals surface area contributed by atoms with Gasteiger partial charge >= 0.3 is 0 Å². The third kappa shape index (κ3) is 4.08. The highest BCUT2D eigenvalue weighted by molar-refractivity contribution is 5.99. The Morgan fingerprint density at radius 1 is 0.921 bits per heavy atom. The van der Waals surface area contributed by atoms with E-state index in [1.54, 1.807) is 35.9 Å². The van der Waals surface area contributed by atoms with Gasteiger partial charge in [0.25, 0.3) is 5.92 Å². The quantitative estimate of drug-likeness (QED) is 0.321. The van der Waals surface area contributed by atoms with E-state index in [-0.39, 0.29) is 13.0 Å². The van der Waals surface area contributed by atoms with Crippen LogP contribution >= 0.6 is 0 Å². The molecule has 10 heteroatoms. The zero-order valence-electron chi connectivity index (χ0n) is 20.2. The summed E-state index contributed by atoms with van der Waals surface area (Å²) in [5.74, 6) is -2.62. The van der Waals surface area contributed by atoms with Gasteiger partial charge in [0.1, 0.15) is 11.2 Å². The lowest BCUT2D eigenvalue weighted by molar-refractivity contribution is 0.0115. The zero-order valence-corrected chi connectivity index (χ0v) is 20.2. The molecule has 0 saturated carbocycles. The second kappa shape index (κ2) is 8.77. The molecule has 0 bridgehead atoms. The number of likely N-dealkylation sites (tertiary alicyclic amines) is 1. The van der Waals surface area contributed by atoms with Crippen LogP contribution in [0.2, 0.25) is 0 Å². The van der Waals surface area contributed by atoms with Crippen LogP contribution in [0.1, 0.15) is 12.0 Å². The summed E-state index contributed by atoms with van der Waals surface area (Å²) in [5.41, 5.74) is 8.16. The number of aromatic amines is 2. The first-order chi connectivity index (χ1) is 18.5. The summed E-state index contributed by atoms with van der Waals surface area (Å²) in [7, 11) is 0. The molecular formula is C28H22F2N8. The molecule has 2 N–H and O–H groups in total. The Morgan fingerprint density at radius 3 is 2.68 bits per heavy atom. The summed E-state index contributed by atoms with van der Waals surface area (Å²) in [6.45, 7) is 0.586. The SMILES string of the molecule is FC1(F)CCN(Cc2cncc(-c3ccc4[nH]nc(-c5cc6c(-c7cccnc7)nccc6[nH]5)c4n3)c2)C1. The van der Waals surface area contributed by atoms with Crippen LogP contribution in [0.25, 0.3) is 55.8 Å². The molecule has 7 rings (SSSR count). The molecule has 0 radical (unpaired) electrons. The number of alkyl halides is 2. The number of hydrogen-bond acceptors (Lipinski definition) is 6. The highest BCUT2D eigenvalue weighted by atomic mass is 19.3. The number of nitrogens with zero attached hydrogens (tertiary/aromatic N) is 6. The Bertz CT molecular complexity index is 1780. The van der Waals surface area contributed by atoms with Crippen molar-refractivity contribution in [1.82, 2.24) is 40.0 Å². The summed E-state index contributed by atoms with van der Waals surface area (Å²) >= 11 is 0. The number of rotatable bonds is 5. The molecule has 1 aliphatic heterocycles. The van der Waals surface area contributed by atoms with E-state index < -0.39 is 5.92 Å². The van der Waals surface area contributed by atoms with Crippen LogP contribution in [0.15, 0.2) is 73.4 Å². The molecule has 38 heavy (non-hydrogen) atoms. The van der Waals surface area contributed by atoms with Gasteiger partial charge < -0.3 is 4.98 Å². The molecular weight excluding hydrogens is 486 g/mol. The number of halogens is 2. The smallest absolute Gasteiger partial charge is 0.261 e. The maximum Gasteiger partial charge on any atom is 0.261 e. The normalized spacial score (nSPS) is 15.5. The highest BCUT2D eigenvalue weighted by Gasteiger charge is 2.37. The van der Waals surface area contributed by atoms with Gasteiger partial charge in [0.05, 0.1) is 29.1 Å². The van der Waals surface area contributed by atoms with E-state index in [2.05, 4.69) is 30.1 Å². The van der Waals surface area contributed by atoms with Crippen LogP contribution in [-0.2, 0) is 6.54 Å². The molecule has 0 unspecified atom stereocenters. The van der Waals surface area contributed by atoms with Gasteiger partial charge in [0.2, 0.25) is 0 Å². The predicted octanol–water partition coefficient (Wildman–Crippen LogP) is 5.47. The summed E-state index contributed by atoms with van der Waals surface area (Å²) in [6.07, 6.45) is 8.67. The highest BCUT2D eigenvalue weighted by Crippen LogP contribution is 2.33. The molecule has 1 aliphatic rings. The number of pyridine rings is 4. The largest absolute Gasteiger partial charge is 0.353 e. The second-order valence-electron chi connectivity index (χ2n) is 9.61. The molecule has 0 aromatic carbocycles. The molecule has 188 valence electrons. The number of hydrogen-bond donors (Lipinski definition) is 2. The van der Waals surface area contributed by atoms with Crippen LogP contribution in [0, 0.1) is 0 Å². The van der Waals surface area contributed by atoms with Gasteiger partial charge in [-0.2, -0.15) is 5.10 Å². The van der Waals surface area contributed by atoms with Crippen LogP contribution in [0.3, 0.4) is 0 Å². The second-order valence-corrected chi connectivity index (χ2v) is 9.61. The van der Waals surface area contributed by atoms with Crippen molar-refractivity contribution in [3.63, 3.8) is 0 Å². The standard InChI is InChI=1S/C28H22F2N8/c29-28(30)6-9-38(16-28)15-17-10-19(14-32-12-17)21-3-4-23-26(35-21)27(37-36-23)24-11-20-22(34-24)5-8-33-25(20)18-2-1-7-31-13-18/h1-5,7-8,10-14,34H,6,9,15-16H2,(H,36,37). The van der Waals surface area contributed by atoms with E-state index in [0.29, 0.717) is 18.8 Å². The maximum absolute atomic E-state index is 13.6. The Hall–Kier alpha value is -4.57. The van der Waals surface area contributed by atoms with Gasteiger partial charge in [-0.25, -0.2) is 13.8 Å². The van der Waals surface area contributed by atoms with Crippen molar-refractivity contribution in [1.29, 1.82) is 0 Å². The number of fused-ring (bicyclic) bond motifs is 2. The summed E-state index contributed by atoms with van der Waals surface area (Å²) in [4.78, 5) is 23.3. The fourth-order valence-corrected chi connectivity index (χ4v) is 5.08. The third-order valence-electron chi connectivity index (χ3n) is 6.89. The molecule has 0 aliphatic carbocycles. The average Bonchev–Trinajstić information content (AvgIpc) is 3.64. The minimum Gasteiger partial charge on any atom is -0.353 e. The van der Waals surface area contributed by atoms with Crippen molar-refractivity contribution in [2.75, 3.05) is 13.1 Å². The van der Waals surface area contributed by atoms with Gasteiger partial charge in [-0.15, -0.1) is 0 Å². The van der Waals surface area contributed by atoms with Crippen molar-refractivity contribution in [2.24, 2.45) is 0 Å². The lowest BCUT2D eigenvalue weighted by Gasteiger charge is -2.15. The third-order valence-corrected chi connectivity index (χ3v) is 6.89. The van der Waals surface area contributed by atoms with Gasteiger partial charge in [-0.1, -0.05) is 0 Å². The minimum atomic E-state index is -2.62. The van der Waals surface area contributed by atoms with Crippen molar-refractivity contribution >= 4 is 21.9 Å². The fraction of sp³-hybridized carbons (Fsp3) is 0.179. The van der Waals surface area contributed by atoms with E-state index >= 15 is 0 Å². The molecule has 0 atom stereocenters. The summed E-state index contributed by atoms with van der Waals surface area (Å²) in [5, 5.41) is 8.59. The fourth-order valence-electron chi connectivity index (χ4n) is 5.08. The van der Waals surface area contributed by atoms with Crippen LogP contribution in [0.5, 0.6) is 0 Å². The first-order valence-corrected chi connectivity index (χ1v) is 12.3. The minimum absolute atomic E-state index is 0.102. The van der Waals surface area contributed by atoms with Gasteiger partial charge in [-0.05, 0) is 48.0 Å².